The number of benzene rings is 1. The molecule has 3 rings (SSSR count). The van der Waals surface area contributed by atoms with Crippen molar-refractivity contribution in [2.24, 2.45) is 0 Å². The highest BCUT2D eigenvalue weighted by molar-refractivity contribution is 5.94. The Labute approximate surface area is 175 Å². The zero-order valence-corrected chi connectivity index (χ0v) is 18.0. The maximum Gasteiger partial charge on any atom is 0.253 e. The third-order valence-corrected chi connectivity index (χ3v) is 5.48. The molecule has 1 aromatic rings. The van der Waals surface area contributed by atoms with Crippen LogP contribution < -0.4 is 10.1 Å². The van der Waals surface area contributed by atoms with Crippen molar-refractivity contribution in [3.8, 4) is 5.75 Å². The van der Waals surface area contributed by atoms with Gasteiger partial charge in [0.25, 0.3) is 5.91 Å². The first-order valence-electron chi connectivity index (χ1n) is 9.70. The Balaban J connectivity index is 0.00000182. The van der Waals surface area contributed by atoms with Gasteiger partial charge in [-0.15, -0.1) is 24.8 Å². The highest BCUT2D eigenvalue weighted by Gasteiger charge is 2.31. The predicted octanol–water partition coefficient (Wildman–Crippen LogP) is 3.22. The average molecular weight is 418 g/mol. The van der Waals surface area contributed by atoms with Crippen molar-refractivity contribution in [2.75, 3.05) is 39.3 Å². The van der Waals surface area contributed by atoms with Crippen molar-refractivity contribution < 1.29 is 9.53 Å². The number of rotatable bonds is 7. The van der Waals surface area contributed by atoms with Crippen molar-refractivity contribution >= 4 is 30.7 Å². The molecule has 2 heterocycles. The van der Waals surface area contributed by atoms with Gasteiger partial charge in [-0.1, -0.05) is 13.8 Å². The Bertz CT molecular complexity index is 567. The van der Waals surface area contributed by atoms with Gasteiger partial charge < -0.3 is 19.9 Å². The summed E-state index contributed by atoms with van der Waals surface area (Å²) in [6, 6.07) is 8.69. The second-order valence-corrected chi connectivity index (χ2v) is 7.08. The van der Waals surface area contributed by atoms with Gasteiger partial charge in [0.1, 0.15) is 12.4 Å². The summed E-state index contributed by atoms with van der Waals surface area (Å²) in [5.74, 6) is 0.976. The first-order valence-corrected chi connectivity index (χ1v) is 9.70. The predicted molar refractivity (Wildman–Crippen MR) is 115 cm³/mol. The third-order valence-electron chi connectivity index (χ3n) is 5.48. The number of hydrogen-bond acceptors (Lipinski definition) is 4. The molecule has 2 unspecified atom stereocenters. The molecule has 2 bridgehead atoms. The van der Waals surface area contributed by atoms with Crippen LogP contribution in [-0.4, -0.2) is 67.1 Å². The van der Waals surface area contributed by atoms with Crippen molar-refractivity contribution in [3.63, 3.8) is 0 Å². The maximum absolute atomic E-state index is 12.8. The van der Waals surface area contributed by atoms with Crippen LogP contribution in [0.1, 0.15) is 43.5 Å². The molecule has 0 radical (unpaired) electrons. The van der Waals surface area contributed by atoms with Gasteiger partial charge in [-0.05, 0) is 56.6 Å². The molecule has 2 aliphatic rings. The number of carbonyl (C=O) groups excluding carboxylic acids is 1. The Hall–Kier alpha value is -1.01. The molecular weight excluding hydrogens is 385 g/mol. The molecule has 2 saturated heterocycles. The summed E-state index contributed by atoms with van der Waals surface area (Å²) in [7, 11) is 0. The van der Waals surface area contributed by atoms with Gasteiger partial charge in [0.2, 0.25) is 0 Å². The minimum Gasteiger partial charge on any atom is -0.492 e. The van der Waals surface area contributed by atoms with Crippen LogP contribution in [0, 0.1) is 0 Å². The number of likely N-dealkylation sites (tertiary alicyclic amines) is 1. The van der Waals surface area contributed by atoms with Crippen LogP contribution in [0.25, 0.3) is 0 Å². The zero-order chi connectivity index (χ0) is 17.6. The molecule has 27 heavy (non-hydrogen) atoms. The minimum absolute atomic E-state index is 0. The van der Waals surface area contributed by atoms with E-state index in [2.05, 4.69) is 24.1 Å². The lowest BCUT2D eigenvalue weighted by molar-refractivity contribution is 0.0748. The normalized spacial score (nSPS) is 21.2. The van der Waals surface area contributed by atoms with Crippen LogP contribution in [-0.2, 0) is 0 Å². The van der Waals surface area contributed by atoms with Gasteiger partial charge in [0.15, 0.2) is 0 Å². The number of ether oxygens (including phenoxy) is 1. The zero-order valence-electron chi connectivity index (χ0n) is 16.4. The number of halogens is 2. The molecule has 0 aromatic heterocycles. The number of fused-ring (bicyclic) bond motifs is 2. The monoisotopic (exact) mass is 417 g/mol. The van der Waals surface area contributed by atoms with Crippen LogP contribution in [0.15, 0.2) is 24.3 Å². The number of likely N-dealkylation sites (N-methyl/N-ethyl adjacent to an activating group) is 1. The largest absolute Gasteiger partial charge is 0.492 e. The highest BCUT2D eigenvalue weighted by Crippen LogP contribution is 2.22. The fourth-order valence-electron chi connectivity index (χ4n) is 3.84. The molecule has 0 aliphatic carbocycles. The quantitative estimate of drug-likeness (QED) is 0.739. The first kappa shape index (κ1) is 24.0. The van der Waals surface area contributed by atoms with Crippen LogP contribution in [0.4, 0.5) is 0 Å². The lowest BCUT2D eigenvalue weighted by Crippen LogP contribution is -2.39. The van der Waals surface area contributed by atoms with Crippen molar-refractivity contribution in [3.05, 3.63) is 29.8 Å². The molecular formula is C20H33Cl2N3O2. The van der Waals surface area contributed by atoms with Crippen LogP contribution in [0.5, 0.6) is 5.75 Å². The van der Waals surface area contributed by atoms with E-state index in [4.69, 9.17) is 4.74 Å². The van der Waals surface area contributed by atoms with E-state index in [-0.39, 0.29) is 30.7 Å². The lowest BCUT2D eigenvalue weighted by Gasteiger charge is -2.24. The molecule has 2 fully saturated rings. The summed E-state index contributed by atoms with van der Waals surface area (Å²) in [5, 5.41) is 3.62. The van der Waals surface area contributed by atoms with E-state index >= 15 is 0 Å². The Kier molecular flexibility index (Phi) is 10.5. The van der Waals surface area contributed by atoms with Gasteiger partial charge in [-0.2, -0.15) is 0 Å². The third kappa shape index (κ3) is 6.53. The van der Waals surface area contributed by atoms with E-state index in [0.29, 0.717) is 18.7 Å². The van der Waals surface area contributed by atoms with E-state index in [0.717, 1.165) is 50.5 Å². The lowest BCUT2D eigenvalue weighted by atomic mass is 10.1. The van der Waals surface area contributed by atoms with Crippen molar-refractivity contribution in [1.82, 2.24) is 15.1 Å². The fourth-order valence-corrected chi connectivity index (χ4v) is 3.84. The van der Waals surface area contributed by atoms with E-state index < -0.39 is 0 Å². The van der Waals surface area contributed by atoms with E-state index in [1.165, 1.54) is 12.8 Å². The fraction of sp³-hybridized carbons (Fsp3) is 0.650. The Morgan fingerprint density at radius 3 is 2.44 bits per heavy atom. The first-order chi connectivity index (χ1) is 12.2. The summed E-state index contributed by atoms with van der Waals surface area (Å²) < 4.78 is 5.80. The molecule has 154 valence electrons. The molecule has 7 heteroatoms. The SMILES string of the molecule is CCN(CC)CCOc1ccc(C(=O)N2CCC3CCC(C2)N3)cc1.Cl.Cl. The molecule has 2 aliphatic heterocycles. The summed E-state index contributed by atoms with van der Waals surface area (Å²) in [4.78, 5) is 17.1. The van der Waals surface area contributed by atoms with Crippen LogP contribution in [0.3, 0.4) is 0 Å². The number of carbonyl (C=O) groups is 1. The molecule has 0 spiro atoms. The van der Waals surface area contributed by atoms with Gasteiger partial charge in [-0.3, -0.25) is 4.79 Å². The molecule has 1 aromatic carbocycles. The smallest absolute Gasteiger partial charge is 0.253 e. The average Bonchev–Trinajstić information content (AvgIpc) is 2.97. The summed E-state index contributed by atoms with van der Waals surface area (Å²) >= 11 is 0. The number of amides is 1. The highest BCUT2D eigenvalue weighted by atomic mass is 35.5. The molecule has 2 atom stereocenters. The van der Waals surface area contributed by atoms with Gasteiger partial charge >= 0.3 is 0 Å². The summed E-state index contributed by atoms with van der Waals surface area (Å²) in [6.07, 6.45) is 3.51. The van der Waals surface area contributed by atoms with Crippen LogP contribution in [0.2, 0.25) is 0 Å². The molecule has 5 nitrogen and oxygen atoms in total. The standard InChI is InChI=1S/C20H31N3O2.2ClH/c1-3-22(4-2)13-14-25-19-9-5-16(6-10-19)20(24)23-12-11-17-7-8-18(15-23)21-17;;/h5-6,9-10,17-18,21H,3-4,7-8,11-15H2,1-2H3;2*1H. The van der Waals surface area contributed by atoms with E-state index in [1.807, 2.05) is 29.2 Å². The molecule has 1 amide bonds. The van der Waals surface area contributed by atoms with E-state index in [1.54, 1.807) is 0 Å². The van der Waals surface area contributed by atoms with Gasteiger partial charge in [0.05, 0.1) is 0 Å². The van der Waals surface area contributed by atoms with Gasteiger partial charge in [-0.25, -0.2) is 0 Å². The van der Waals surface area contributed by atoms with Crippen molar-refractivity contribution in [2.45, 2.75) is 45.2 Å². The van der Waals surface area contributed by atoms with Crippen molar-refractivity contribution in [1.29, 1.82) is 0 Å². The number of hydrogen-bond donors (Lipinski definition) is 1. The minimum atomic E-state index is 0. The van der Waals surface area contributed by atoms with E-state index in [9.17, 15) is 4.79 Å². The van der Waals surface area contributed by atoms with Gasteiger partial charge in [0, 0.05) is 37.3 Å². The maximum atomic E-state index is 12.8. The Morgan fingerprint density at radius 2 is 1.78 bits per heavy atom. The second-order valence-electron chi connectivity index (χ2n) is 7.08. The topological polar surface area (TPSA) is 44.8 Å². The molecule has 1 N–H and O–H groups in total. The molecule has 0 saturated carbocycles. The second kappa shape index (κ2) is 11.7. The number of nitrogens with zero attached hydrogens (tertiary/aromatic N) is 2. The Morgan fingerprint density at radius 1 is 1.11 bits per heavy atom. The van der Waals surface area contributed by atoms with Crippen LogP contribution >= 0.6 is 24.8 Å². The summed E-state index contributed by atoms with van der Waals surface area (Å²) in [5.41, 5.74) is 0.758. The summed E-state index contributed by atoms with van der Waals surface area (Å²) in [6.45, 7) is 9.70. The number of nitrogens with one attached hydrogen (secondary N) is 1.